The van der Waals surface area contributed by atoms with E-state index in [9.17, 15) is 4.79 Å². The lowest BCUT2D eigenvalue weighted by Gasteiger charge is -2.16. The Morgan fingerprint density at radius 3 is 3.00 bits per heavy atom. The molecule has 12 heavy (non-hydrogen) atoms. The second kappa shape index (κ2) is 4.11. The Bertz CT molecular complexity index is 201. The number of hydrogen-bond acceptors (Lipinski definition) is 3. The molecule has 0 bridgehead atoms. The van der Waals surface area contributed by atoms with Crippen molar-refractivity contribution in [1.82, 2.24) is 0 Å². The lowest BCUT2D eigenvalue weighted by molar-refractivity contribution is -0.119. The maximum atomic E-state index is 10.6. The molecule has 1 rings (SSSR count). The summed E-state index contributed by atoms with van der Waals surface area (Å²) in [5, 5.41) is 0. The van der Waals surface area contributed by atoms with Crippen LogP contribution < -0.4 is 11.5 Å². The summed E-state index contributed by atoms with van der Waals surface area (Å²) >= 11 is 0. The number of ether oxygens (including phenoxy) is 1. The summed E-state index contributed by atoms with van der Waals surface area (Å²) in [4.78, 5) is 10.6. The van der Waals surface area contributed by atoms with Gasteiger partial charge in [0.25, 0.3) is 0 Å². The van der Waals surface area contributed by atoms with E-state index in [4.69, 9.17) is 16.2 Å². The highest BCUT2D eigenvalue weighted by molar-refractivity contribution is 5.79. The monoisotopic (exact) mass is 170 g/mol. The molecule has 4 nitrogen and oxygen atoms in total. The van der Waals surface area contributed by atoms with E-state index in [-0.39, 0.29) is 0 Å². The minimum absolute atomic E-state index is 0.426. The standard InChI is InChI=1S/C8H14N2O2/c9-7(8(10)11)5-6-3-1-2-4-12-6/h3,7H,1-2,4-5,9H2,(H2,10,11). The third-order valence-corrected chi connectivity index (χ3v) is 1.79. The maximum Gasteiger partial charge on any atom is 0.234 e. The number of allylic oxidation sites excluding steroid dienone is 1. The molecule has 0 saturated heterocycles. The van der Waals surface area contributed by atoms with Crippen LogP contribution in [0.25, 0.3) is 0 Å². The minimum Gasteiger partial charge on any atom is -0.498 e. The van der Waals surface area contributed by atoms with Gasteiger partial charge in [0.2, 0.25) is 5.91 Å². The molecule has 0 fully saturated rings. The van der Waals surface area contributed by atoms with E-state index in [0.717, 1.165) is 25.2 Å². The van der Waals surface area contributed by atoms with Gasteiger partial charge in [0.05, 0.1) is 18.4 Å². The molecule has 0 saturated carbocycles. The Morgan fingerprint density at radius 1 is 1.75 bits per heavy atom. The average Bonchev–Trinajstić information content (AvgIpc) is 2.06. The van der Waals surface area contributed by atoms with Crippen LogP contribution in [0.5, 0.6) is 0 Å². The van der Waals surface area contributed by atoms with E-state index >= 15 is 0 Å². The van der Waals surface area contributed by atoms with Gasteiger partial charge in [0, 0.05) is 6.42 Å². The highest BCUT2D eigenvalue weighted by Crippen LogP contribution is 2.13. The normalized spacial score (nSPS) is 19.2. The molecule has 0 aliphatic carbocycles. The lowest BCUT2D eigenvalue weighted by Crippen LogP contribution is -2.37. The number of carbonyl (C=O) groups is 1. The molecular weight excluding hydrogens is 156 g/mol. The predicted molar refractivity (Wildman–Crippen MR) is 45.1 cm³/mol. The molecule has 1 aliphatic rings. The zero-order valence-electron chi connectivity index (χ0n) is 6.95. The topological polar surface area (TPSA) is 78.3 Å². The molecule has 1 unspecified atom stereocenters. The number of primary amides is 1. The predicted octanol–water partition coefficient (Wildman–Crippen LogP) is -0.117. The zero-order chi connectivity index (χ0) is 8.97. The van der Waals surface area contributed by atoms with Crippen LogP contribution in [0.2, 0.25) is 0 Å². The van der Waals surface area contributed by atoms with Crippen LogP contribution in [0.4, 0.5) is 0 Å². The van der Waals surface area contributed by atoms with Crippen molar-refractivity contribution >= 4 is 5.91 Å². The Balaban J connectivity index is 2.39. The fourth-order valence-electron chi connectivity index (χ4n) is 1.07. The molecule has 0 aromatic heterocycles. The van der Waals surface area contributed by atoms with Crippen molar-refractivity contribution in [3.63, 3.8) is 0 Å². The van der Waals surface area contributed by atoms with Gasteiger partial charge in [0.15, 0.2) is 0 Å². The Kier molecular flexibility index (Phi) is 3.10. The molecule has 0 aromatic rings. The van der Waals surface area contributed by atoms with Crippen molar-refractivity contribution in [1.29, 1.82) is 0 Å². The molecule has 0 radical (unpaired) electrons. The van der Waals surface area contributed by atoms with Crippen molar-refractivity contribution in [2.24, 2.45) is 11.5 Å². The highest BCUT2D eigenvalue weighted by Gasteiger charge is 2.13. The summed E-state index contributed by atoms with van der Waals surface area (Å²) in [6.07, 6.45) is 4.43. The average molecular weight is 170 g/mol. The van der Waals surface area contributed by atoms with Crippen LogP contribution in [0.3, 0.4) is 0 Å². The third kappa shape index (κ3) is 2.54. The summed E-state index contributed by atoms with van der Waals surface area (Å²) in [6, 6.07) is -0.616. The molecule has 4 N–H and O–H groups in total. The Labute approximate surface area is 71.6 Å². The van der Waals surface area contributed by atoms with Crippen LogP contribution in [0.1, 0.15) is 19.3 Å². The second-order valence-electron chi connectivity index (χ2n) is 2.87. The van der Waals surface area contributed by atoms with Gasteiger partial charge >= 0.3 is 0 Å². The molecular formula is C8H14N2O2. The van der Waals surface area contributed by atoms with Crippen LogP contribution in [0, 0.1) is 0 Å². The Morgan fingerprint density at radius 2 is 2.50 bits per heavy atom. The van der Waals surface area contributed by atoms with Crippen LogP contribution in [-0.4, -0.2) is 18.6 Å². The van der Waals surface area contributed by atoms with Crippen molar-refractivity contribution in [2.75, 3.05) is 6.61 Å². The number of nitrogens with two attached hydrogens (primary N) is 2. The molecule has 1 atom stereocenters. The molecule has 1 amide bonds. The maximum absolute atomic E-state index is 10.6. The van der Waals surface area contributed by atoms with E-state index < -0.39 is 11.9 Å². The second-order valence-corrected chi connectivity index (χ2v) is 2.87. The van der Waals surface area contributed by atoms with Crippen molar-refractivity contribution < 1.29 is 9.53 Å². The summed E-state index contributed by atoms with van der Waals surface area (Å²) in [7, 11) is 0. The molecule has 0 aromatic carbocycles. The SMILES string of the molecule is NC(=O)C(N)CC1=CCCCO1. The van der Waals surface area contributed by atoms with Crippen molar-refractivity contribution in [3.8, 4) is 0 Å². The first-order chi connectivity index (χ1) is 5.70. The number of hydrogen-bond donors (Lipinski definition) is 2. The summed E-state index contributed by atoms with van der Waals surface area (Å²) in [5.74, 6) is 0.317. The number of carbonyl (C=O) groups excluding carboxylic acids is 1. The largest absolute Gasteiger partial charge is 0.498 e. The fourth-order valence-corrected chi connectivity index (χ4v) is 1.07. The van der Waals surface area contributed by atoms with Gasteiger partial charge in [0.1, 0.15) is 0 Å². The van der Waals surface area contributed by atoms with E-state index in [0.29, 0.717) is 6.42 Å². The molecule has 1 heterocycles. The van der Waals surface area contributed by atoms with Gasteiger partial charge < -0.3 is 16.2 Å². The first-order valence-electron chi connectivity index (χ1n) is 4.07. The number of amides is 1. The van der Waals surface area contributed by atoms with Gasteiger partial charge in [-0.05, 0) is 18.9 Å². The minimum atomic E-state index is -0.616. The highest BCUT2D eigenvalue weighted by atomic mass is 16.5. The summed E-state index contributed by atoms with van der Waals surface area (Å²) in [6.45, 7) is 0.720. The molecule has 1 aliphatic heterocycles. The van der Waals surface area contributed by atoms with E-state index in [1.807, 2.05) is 6.08 Å². The van der Waals surface area contributed by atoms with Gasteiger partial charge in [-0.2, -0.15) is 0 Å². The van der Waals surface area contributed by atoms with Crippen LogP contribution in [-0.2, 0) is 9.53 Å². The Hall–Kier alpha value is -1.03. The fraction of sp³-hybridized carbons (Fsp3) is 0.625. The molecule has 4 heteroatoms. The summed E-state index contributed by atoms with van der Waals surface area (Å²) in [5.41, 5.74) is 10.5. The van der Waals surface area contributed by atoms with Crippen molar-refractivity contribution in [2.45, 2.75) is 25.3 Å². The first-order valence-corrected chi connectivity index (χ1v) is 4.07. The van der Waals surface area contributed by atoms with Crippen LogP contribution in [0.15, 0.2) is 11.8 Å². The zero-order valence-corrected chi connectivity index (χ0v) is 6.95. The molecule has 68 valence electrons. The van der Waals surface area contributed by atoms with E-state index in [2.05, 4.69) is 0 Å². The van der Waals surface area contributed by atoms with Gasteiger partial charge in [-0.15, -0.1) is 0 Å². The quantitative estimate of drug-likeness (QED) is 0.620. The molecule has 0 spiro atoms. The first kappa shape index (κ1) is 9.06. The van der Waals surface area contributed by atoms with Crippen LogP contribution >= 0.6 is 0 Å². The third-order valence-electron chi connectivity index (χ3n) is 1.79. The lowest BCUT2D eigenvalue weighted by atomic mass is 10.1. The van der Waals surface area contributed by atoms with Gasteiger partial charge in [-0.1, -0.05) is 0 Å². The van der Waals surface area contributed by atoms with Gasteiger partial charge in [-0.25, -0.2) is 0 Å². The number of rotatable bonds is 3. The van der Waals surface area contributed by atoms with E-state index in [1.165, 1.54) is 0 Å². The summed E-state index contributed by atoms with van der Waals surface area (Å²) < 4.78 is 5.27. The smallest absolute Gasteiger partial charge is 0.234 e. The van der Waals surface area contributed by atoms with Gasteiger partial charge in [-0.3, -0.25) is 4.79 Å². The van der Waals surface area contributed by atoms with E-state index in [1.54, 1.807) is 0 Å². The van der Waals surface area contributed by atoms with Crippen molar-refractivity contribution in [3.05, 3.63) is 11.8 Å².